The summed E-state index contributed by atoms with van der Waals surface area (Å²) in [4.78, 5) is 28.0. The zero-order chi connectivity index (χ0) is 51.9. The molecule has 4 aromatic heterocycles. The van der Waals surface area contributed by atoms with Crippen LogP contribution in [0.25, 0.3) is 33.5 Å². The smallest absolute Gasteiger partial charge is 0.796 e. The van der Waals surface area contributed by atoms with Crippen molar-refractivity contribution in [3.05, 3.63) is 244 Å². The second kappa shape index (κ2) is 31.2. The summed E-state index contributed by atoms with van der Waals surface area (Å²) in [6.45, 7) is 3.15. The topological polar surface area (TPSA) is 111 Å². The number of allylic oxidation sites excluding steroid dienone is 2. The summed E-state index contributed by atoms with van der Waals surface area (Å²) in [5.74, 6) is 1.62. The summed E-state index contributed by atoms with van der Waals surface area (Å²) in [5, 5.41) is 7.79. The van der Waals surface area contributed by atoms with Crippen molar-refractivity contribution in [1.29, 1.82) is 0 Å². The van der Waals surface area contributed by atoms with Crippen LogP contribution < -0.4 is 40.2 Å². The second-order valence-electron chi connectivity index (χ2n) is 17.5. The minimum absolute atomic E-state index is 0. The number of fused-ring (bicyclic) bond motifs is 2. The van der Waals surface area contributed by atoms with Gasteiger partial charge in [-0.05, 0) is 89.3 Å². The maximum atomic E-state index is 4.75. The molecule has 0 aliphatic carbocycles. The quantitative estimate of drug-likeness (QED) is 0.0180. The Hall–Kier alpha value is -6.07. The summed E-state index contributed by atoms with van der Waals surface area (Å²) >= 11 is 7.82. The van der Waals surface area contributed by atoms with Gasteiger partial charge in [0.05, 0.1) is 25.7 Å². The number of imidazole rings is 2. The van der Waals surface area contributed by atoms with Crippen molar-refractivity contribution in [3.8, 4) is 0 Å². The van der Waals surface area contributed by atoms with Gasteiger partial charge in [0.25, 0.3) is 0 Å². The minimum atomic E-state index is 0. The first-order valence-corrected chi connectivity index (χ1v) is 28.5. The molecule has 6 aromatic carbocycles. The molecule has 0 bridgehead atoms. The molecular weight excluding hydrogens is 1100 g/mol. The molecule has 0 saturated heterocycles. The van der Waals surface area contributed by atoms with E-state index in [0.29, 0.717) is 0 Å². The summed E-state index contributed by atoms with van der Waals surface area (Å²) < 4.78 is 4.89. The number of aromatic nitrogens is 8. The summed E-state index contributed by atoms with van der Waals surface area (Å²) in [7, 11) is 0. The van der Waals surface area contributed by atoms with Crippen molar-refractivity contribution in [3.63, 3.8) is 0 Å². The van der Waals surface area contributed by atoms with Crippen molar-refractivity contribution >= 4 is 92.1 Å². The van der Waals surface area contributed by atoms with Crippen LogP contribution in [0.1, 0.15) is 71.9 Å². The molecule has 0 aliphatic heterocycles. The van der Waals surface area contributed by atoms with Gasteiger partial charge in [0, 0.05) is 35.7 Å². The molecule has 0 saturated carbocycles. The van der Waals surface area contributed by atoms with Gasteiger partial charge in [0.1, 0.15) is 0 Å². The summed E-state index contributed by atoms with van der Waals surface area (Å²) in [6.07, 6.45) is 18.3. The third kappa shape index (κ3) is 16.5. The fourth-order valence-corrected chi connectivity index (χ4v) is 9.52. The largest absolute Gasteiger partial charge is 1.00 e. The normalized spacial score (nSPS) is 10.6. The van der Waals surface area contributed by atoms with Gasteiger partial charge in [-0.1, -0.05) is 206 Å². The van der Waals surface area contributed by atoms with Crippen LogP contribution in [0.3, 0.4) is 0 Å². The maximum Gasteiger partial charge on any atom is 1.00 e. The molecule has 10 rings (SSSR count). The van der Waals surface area contributed by atoms with Crippen molar-refractivity contribution in [2.45, 2.75) is 56.8 Å². The number of hydrogen-bond donors (Lipinski definition) is 2. The van der Waals surface area contributed by atoms with Gasteiger partial charge < -0.3 is 32.4 Å². The maximum absolute atomic E-state index is 4.75. The van der Waals surface area contributed by atoms with Gasteiger partial charge in [0.2, 0.25) is 0 Å². The minimum Gasteiger partial charge on any atom is -0.796 e. The molecule has 10 nitrogen and oxygen atoms in total. The third-order valence-electron chi connectivity index (χ3n) is 12.3. The van der Waals surface area contributed by atoms with E-state index >= 15 is 0 Å². The molecule has 4 heterocycles. The molecule has 14 heteroatoms. The van der Waals surface area contributed by atoms with Crippen LogP contribution in [-0.4, -0.2) is 64.6 Å². The van der Waals surface area contributed by atoms with Crippen LogP contribution in [0.5, 0.6) is 0 Å². The number of halogens is 1. The van der Waals surface area contributed by atoms with E-state index in [1.54, 1.807) is 18.0 Å². The Morgan fingerprint density at radius 3 is 1.22 bits per heavy atom. The van der Waals surface area contributed by atoms with Crippen LogP contribution in [-0.2, 0) is 25.7 Å². The number of thioether (sulfide) groups is 1. The first-order valence-electron chi connectivity index (χ1n) is 25.3. The predicted molar refractivity (Wildman–Crippen MR) is 324 cm³/mol. The molecule has 0 spiro atoms. The SMILES string of the molecule is CSc1nc(NCCCCC=C(c2ccccc2)c2ccccc2)c2ncn(Cc3ccccc3)c2n1.C[S-].Ic1nc(NCCCCC=C(c2ccccc2)c2ccccc2)c2ncn(Cc3ccccc3)c2n1.[Na+]. The average molecular weight is 1160 g/mol. The molecule has 0 aliphatic rings. The van der Waals surface area contributed by atoms with Crippen LogP contribution in [0, 0.1) is 3.83 Å². The van der Waals surface area contributed by atoms with Crippen LogP contribution in [0.2, 0.25) is 0 Å². The van der Waals surface area contributed by atoms with Gasteiger partial charge in [-0.2, -0.15) is 6.26 Å². The molecule has 0 amide bonds. The van der Waals surface area contributed by atoms with Gasteiger partial charge >= 0.3 is 29.6 Å². The standard InChI is InChI=1S/C31H31N5S.C30H28IN5.CH4S.Na/c1-37-31-34-29(28-30(35-31)36(23-33-28)22-24-14-6-2-7-15-24)32-21-13-5-12-20-27(25-16-8-3-9-17-25)26-18-10-4-11-19-26;31-30-34-28(27-29(35-30)36(22-33-27)21-23-13-5-1-6-14-23)32-20-12-4-11-19-26(24-15-7-2-8-16-24)25-17-9-3-10-18-25;1-2;/h2-4,6-11,14-20,23H,5,12-13,21-22H2,1H3,(H,32,34,35);1-3,5-10,13-19,22H,4,11-12,20-21H2,(H,32,34,35);2H,1H3;/q;;;+1/p-1. The molecule has 380 valence electrons. The number of nitrogens with one attached hydrogen (secondary N) is 2. The first kappa shape index (κ1) is 57.6. The van der Waals surface area contributed by atoms with Crippen molar-refractivity contribution in [2.24, 2.45) is 0 Å². The zero-order valence-electron chi connectivity index (χ0n) is 43.5. The van der Waals surface area contributed by atoms with Crippen molar-refractivity contribution < 1.29 is 29.6 Å². The van der Waals surface area contributed by atoms with Crippen molar-refractivity contribution in [2.75, 3.05) is 36.2 Å². The summed E-state index contributed by atoms with van der Waals surface area (Å²) in [6, 6.07) is 63.3. The number of rotatable bonds is 21. The van der Waals surface area contributed by atoms with E-state index in [1.807, 2.05) is 31.0 Å². The number of nitrogens with zero attached hydrogens (tertiary/aromatic N) is 8. The van der Waals surface area contributed by atoms with Gasteiger partial charge in [-0.3, -0.25) is 0 Å². The first-order chi connectivity index (χ1) is 37.1. The van der Waals surface area contributed by atoms with Crippen molar-refractivity contribution in [1.82, 2.24) is 39.0 Å². The third-order valence-corrected chi connectivity index (χ3v) is 13.4. The molecule has 2 N–H and O–H groups in total. The van der Waals surface area contributed by atoms with E-state index < -0.39 is 0 Å². The molecular formula is C62H62IN10NaS2. The molecule has 0 fully saturated rings. The van der Waals surface area contributed by atoms with E-state index in [4.69, 9.17) is 9.97 Å². The molecule has 10 aromatic rings. The van der Waals surface area contributed by atoms with Crippen LogP contribution in [0.15, 0.2) is 212 Å². The number of benzene rings is 6. The number of anilines is 2. The Labute approximate surface area is 493 Å². The Balaban J connectivity index is 0.000000212. The molecule has 0 unspecified atom stereocenters. The molecule has 0 radical (unpaired) electrons. The molecule has 76 heavy (non-hydrogen) atoms. The number of hydrogen-bond acceptors (Lipinski definition) is 10. The fourth-order valence-electron chi connectivity index (χ4n) is 8.69. The number of unbranched alkanes of at least 4 members (excludes halogenated alkanes) is 4. The second-order valence-corrected chi connectivity index (χ2v) is 19.2. The van der Waals surface area contributed by atoms with Gasteiger partial charge in [-0.25, -0.2) is 29.9 Å². The van der Waals surface area contributed by atoms with Crippen LogP contribution >= 0.6 is 34.4 Å². The fraction of sp³-hybridized carbons (Fsp3) is 0.194. The van der Waals surface area contributed by atoms with Gasteiger partial charge in [0.15, 0.2) is 43.0 Å². The Kier molecular flexibility index (Phi) is 23.7. The Morgan fingerprint density at radius 2 is 0.842 bits per heavy atom. The van der Waals surface area contributed by atoms with E-state index in [9.17, 15) is 0 Å². The predicted octanol–water partition coefficient (Wildman–Crippen LogP) is 11.7. The Morgan fingerprint density at radius 1 is 0.487 bits per heavy atom. The average Bonchev–Trinajstić information content (AvgIpc) is 4.08. The van der Waals surface area contributed by atoms with Gasteiger partial charge in [-0.15, -0.1) is 0 Å². The monoisotopic (exact) mass is 1160 g/mol. The van der Waals surface area contributed by atoms with E-state index in [0.717, 1.165) is 108 Å². The summed E-state index contributed by atoms with van der Waals surface area (Å²) in [5.41, 5.74) is 13.4. The van der Waals surface area contributed by atoms with E-state index in [2.05, 4.69) is 257 Å². The van der Waals surface area contributed by atoms with E-state index in [1.165, 1.54) is 44.5 Å². The Bertz CT molecular complexity index is 3260. The van der Waals surface area contributed by atoms with Crippen LogP contribution in [0.4, 0.5) is 11.6 Å². The van der Waals surface area contributed by atoms with E-state index in [-0.39, 0.29) is 29.6 Å². The molecule has 0 atom stereocenters. The zero-order valence-corrected chi connectivity index (χ0v) is 49.3.